The minimum atomic E-state index is -3.18. The molecule has 112 valence electrons. The molecule has 1 saturated carbocycles. The molecule has 0 spiro atoms. The van der Waals surface area contributed by atoms with Crippen LogP contribution in [-0.4, -0.2) is 36.9 Å². The van der Waals surface area contributed by atoms with Crippen molar-refractivity contribution in [3.8, 4) is 0 Å². The van der Waals surface area contributed by atoms with Crippen molar-refractivity contribution in [2.45, 2.75) is 30.5 Å². The van der Waals surface area contributed by atoms with E-state index in [0.29, 0.717) is 17.3 Å². The van der Waals surface area contributed by atoms with Crippen LogP contribution < -0.4 is 0 Å². The Balaban J connectivity index is 1.93. The van der Waals surface area contributed by atoms with Crippen LogP contribution in [-0.2, 0) is 10.0 Å². The van der Waals surface area contributed by atoms with Gasteiger partial charge in [0.2, 0.25) is 10.0 Å². The van der Waals surface area contributed by atoms with Gasteiger partial charge in [-0.15, -0.1) is 0 Å². The number of hydrogen-bond donors (Lipinski definition) is 0. The molecule has 1 fully saturated rings. The van der Waals surface area contributed by atoms with Crippen molar-refractivity contribution in [2.24, 2.45) is 5.92 Å². The Labute approximate surface area is 130 Å². The molecule has 0 amide bonds. The summed E-state index contributed by atoms with van der Waals surface area (Å²) in [7, 11) is -1.48. The van der Waals surface area contributed by atoms with Crippen molar-refractivity contribution in [2.75, 3.05) is 19.3 Å². The first-order valence-electron chi connectivity index (χ1n) is 7.01. The molecule has 1 aliphatic rings. The highest BCUT2D eigenvalue weighted by Gasteiger charge is 2.31. The first-order chi connectivity index (χ1) is 9.38. The number of rotatable bonds is 6. The largest absolute Gasteiger partial charge is 0.214 e. The van der Waals surface area contributed by atoms with Crippen molar-refractivity contribution in [3.63, 3.8) is 0 Å². The maximum atomic E-state index is 12.4. The van der Waals surface area contributed by atoms with E-state index in [-0.39, 0.29) is 11.7 Å². The van der Waals surface area contributed by atoms with Gasteiger partial charge in [-0.25, -0.2) is 12.7 Å². The molecule has 5 heteroatoms. The Morgan fingerprint density at radius 1 is 1.30 bits per heavy atom. The first kappa shape index (κ1) is 16.0. The van der Waals surface area contributed by atoms with Crippen LogP contribution >= 0.6 is 15.9 Å². The first-order valence-corrected chi connectivity index (χ1v) is 9.54. The Kier molecular flexibility index (Phi) is 5.26. The summed E-state index contributed by atoms with van der Waals surface area (Å²) in [6, 6.07) is 9.83. The fraction of sp³-hybridized carbons (Fsp3) is 0.600. The van der Waals surface area contributed by atoms with Gasteiger partial charge in [-0.05, 0) is 30.2 Å². The van der Waals surface area contributed by atoms with Crippen LogP contribution in [0.25, 0.3) is 0 Å². The van der Waals surface area contributed by atoms with Crippen LogP contribution in [0.3, 0.4) is 0 Å². The highest BCUT2D eigenvalue weighted by atomic mass is 79.9. The Hall–Kier alpha value is -0.390. The van der Waals surface area contributed by atoms with Crippen LogP contribution in [0.1, 0.15) is 31.2 Å². The lowest BCUT2D eigenvalue weighted by atomic mass is 9.85. The predicted molar refractivity (Wildman–Crippen MR) is 86.7 cm³/mol. The maximum absolute atomic E-state index is 12.4. The van der Waals surface area contributed by atoms with Crippen LogP contribution in [0.5, 0.6) is 0 Å². The average molecular weight is 360 g/mol. The van der Waals surface area contributed by atoms with Gasteiger partial charge in [-0.3, -0.25) is 0 Å². The molecule has 1 unspecified atom stereocenters. The topological polar surface area (TPSA) is 37.4 Å². The quantitative estimate of drug-likeness (QED) is 0.731. The van der Waals surface area contributed by atoms with Gasteiger partial charge in [0.25, 0.3) is 0 Å². The van der Waals surface area contributed by atoms with Crippen LogP contribution in [0.15, 0.2) is 30.3 Å². The average Bonchev–Trinajstić information content (AvgIpc) is 2.37. The Bertz CT molecular complexity index is 526. The zero-order chi connectivity index (χ0) is 14.8. The molecule has 0 bridgehead atoms. The summed E-state index contributed by atoms with van der Waals surface area (Å²) in [4.78, 5) is 0.576. The second kappa shape index (κ2) is 6.58. The predicted octanol–water partition coefficient (Wildman–Crippen LogP) is 3.23. The highest BCUT2D eigenvalue weighted by molar-refractivity contribution is 9.09. The molecule has 0 radical (unpaired) electrons. The van der Waals surface area contributed by atoms with Gasteiger partial charge in [0.15, 0.2) is 0 Å². The lowest BCUT2D eigenvalue weighted by Crippen LogP contribution is -2.39. The summed E-state index contributed by atoms with van der Waals surface area (Å²) in [6.07, 6.45) is 2.15. The fourth-order valence-corrected chi connectivity index (χ4v) is 5.18. The molecule has 0 heterocycles. The van der Waals surface area contributed by atoms with E-state index in [1.807, 2.05) is 37.3 Å². The molecular weight excluding hydrogens is 338 g/mol. The van der Waals surface area contributed by atoms with E-state index in [2.05, 4.69) is 15.9 Å². The number of halogens is 1. The van der Waals surface area contributed by atoms with Crippen molar-refractivity contribution >= 4 is 26.0 Å². The standard InChI is InChI=1S/C15H22BrNO2S/c1-12(14-6-4-3-5-7-14)11-20(18,19)17(2)10-13-8-15(16)9-13/h3-7,12-13,15H,8-11H2,1-2H3. The number of nitrogens with zero attached hydrogens (tertiary/aromatic N) is 1. The van der Waals surface area contributed by atoms with E-state index in [9.17, 15) is 8.42 Å². The summed E-state index contributed by atoms with van der Waals surface area (Å²) in [5, 5.41) is 0. The second-order valence-electron chi connectivity index (χ2n) is 5.81. The summed E-state index contributed by atoms with van der Waals surface area (Å²) in [5.41, 5.74) is 1.08. The number of alkyl halides is 1. The maximum Gasteiger partial charge on any atom is 0.214 e. The monoisotopic (exact) mass is 359 g/mol. The molecule has 1 aromatic rings. The van der Waals surface area contributed by atoms with Gasteiger partial charge in [0.1, 0.15) is 0 Å². The zero-order valence-electron chi connectivity index (χ0n) is 12.0. The van der Waals surface area contributed by atoms with Crippen molar-refractivity contribution in [1.82, 2.24) is 4.31 Å². The highest BCUT2D eigenvalue weighted by Crippen LogP contribution is 2.34. The van der Waals surface area contributed by atoms with Crippen LogP contribution in [0, 0.1) is 5.92 Å². The van der Waals surface area contributed by atoms with Gasteiger partial charge in [-0.2, -0.15) is 0 Å². The fourth-order valence-electron chi connectivity index (χ4n) is 2.60. The third-order valence-corrected chi connectivity index (χ3v) is 6.77. The summed E-state index contributed by atoms with van der Waals surface area (Å²) in [5.74, 6) is 0.706. The summed E-state index contributed by atoms with van der Waals surface area (Å²) in [6.45, 7) is 2.62. The molecule has 20 heavy (non-hydrogen) atoms. The van der Waals surface area contributed by atoms with E-state index in [4.69, 9.17) is 0 Å². The SMILES string of the molecule is CC(CS(=O)(=O)N(C)CC1CC(Br)C1)c1ccccc1. The number of hydrogen-bond acceptors (Lipinski definition) is 2. The third kappa shape index (κ3) is 4.06. The number of benzene rings is 1. The van der Waals surface area contributed by atoms with Gasteiger partial charge < -0.3 is 0 Å². The lowest BCUT2D eigenvalue weighted by Gasteiger charge is -2.34. The molecule has 3 nitrogen and oxygen atoms in total. The number of sulfonamides is 1. The molecule has 1 aliphatic carbocycles. The van der Waals surface area contributed by atoms with Crippen LogP contribution in [0.2, 0.25) is 0 Å². The van der Waals surface area contributed by atoms with Crippen molar-refractivity contribution in [1.29, 1.82) is 0 Å². The van der Waals surface area contributed by atoms with E-state index >= 15 is 0 Å². The van der Waals surface area contributed by atoms with Crippen molar-refractivity contribution < 1.29 is 8.42 Å². The Morgan fingerprint density at radius 3 is 2.45 bits per heavy atom. The van der Waals surface area contributed by atoms with Crippen molar-refractivity contribution in [3.05, 3.63) is 35.9 Å². The van der Waals surface area contributed by atoms with Gasteiger partial charge in [0.05, 0.1) is 5.75 Å². The van der Waals surface area contributed by atoms with E-state index in [1.165, 1.54) is 4.31 Å². The summed E-state index contributed by atoms with van der Waals surface area (Å²) >= 11 is 3.54. The molecule has 0 aliphatic heterocycles. The molecular formula is C15H22BrNO2S. The van der Waals surface area contributed by atoms with Gasteiger partial charge in [-0.1, -0.05) is 53.2 Å². The smallest absolute Gasteiger partial charge is 0.212 e. The molecule has 1 atom stereocenters. The van der Waals surface area contributed by atoms with Gasteiger partial charge >= 0.3 is 0 Å². The van der Waals surface area contributed by atoms with Gasteiger partial charge in [0, 0.05) is 18.4 Å². The van der Waals surface area contributed by atoms with E-state index in [1.54, 1.807) is 7.05 Å². The summed E-state index contributed by atoms with van der Waals surface area (Å²) < 4.78 is 26.3. The minimum Gasteiger partial charge on any atom is -0.212 e. The molecule has 2 rings (SSSR count). The molecule has 1 aromatic carbocycles. The zero-order valence-corrected chi connectivity index (χ0v) is 14.4. The molecule has 0 N–H and O–H groups in total. The lowest BCUT2D eigenvalue weighted by molar-refractivity contribution is 0.275. The Morgan fingerprint density at radius 2 is 1.90 bits per heavy atom. The normalized spacial score (nSPS) is 24.4. The van der Waals surface area contributed by atoms with E-state index in [0.717, 1.165) is 18.4 Å². The van der Waals surface area contributed by atoms with Crippen LogP contribution in [0.4, 0.5) is 0 Å². The van der Waals surface area contributed by atoms with E-state index < -0.39 is 10.0 Å². The third-order valence-electron chi connectivity index (χ3n) is 4.00. The second-order valence-corrected chi connectivity index (χ2v) is 9.22. The molecule has 0 saturated heterocycles. The molecule has 0 aromatic heterocycles. The minimum absolute atomic E-state index is 0.0222.